The molecule has 13 nitrogen and oxygen atoms in total. The van der Waals surface area contributed by atoms with Gasteiger partial charge >= 0.3 is 0 Å². The fraction of sp³-hybridized carbons (Fsp3) is 0.514. The maximum absolute atomic E-state index is 12.7. The summed E-state index contributed by atoms with van der Waals surface area (Å²) in [6.45, 7) is 8.70. The molecule has 2 aromatic heterocycles. The van der Waals surface area contributed by atoms with E-state index in [0.29, 0.717) is 23.5 Å². The van der Waals surface area contributed by atoms with Crippen LogP contribution in [0.3, 0.4) is 0 Å². The molecule has 2 N–H and O–H groups in total. The van der Waals surface area contributed by atoms with E-state index in [1.165, 1.54) is 41.9 Å². The van der Waals surface area contributed by atoms with Crippen LogP contribution in [-0.4, -0.2) is 108 Å². The van der Waals surface area contributed by atoms with Crippen molar-refractivity contribution in [2.24, 2.45) is 0 Å². The predicted octanol–water partition coefficient (Wildman–Crippen LogP) is 4.89. The number of nitrogens with zero attached hydrogens (tertiary/aromatic N) is 6. The summed E-state index contributed by atoms with van der Waals surface area (Å²) >= 11 is 2.79. The van der Waals surface area contributed by atoms with Crippen LogP contribution in [0.4, 0.5) is 10.3 Å². The molecule has 2 aromatic carbocycles. The molecule has 2 fully saturated rings. The fourth-order valence-electron chi connectivity index (χ4n) is 6.14. The molecule has 0 aliphatic carbocycles. The summed E-state index contributed by atoms with van der Waals surface area (Å²) < 4.78 is 17.3. The lowest BCUT2D eigenvalue weighted by atomic mass is 10.1. The number of nitrogens with one attached hydrogen (secondary N) is 2. The lowest BCUT2D eigenvalue weighted by Gasteiger charge is -2.26. The second kappa shape index (κ2) is 20.3. The number of piperidine rings is 1. The van der Waals surface area contributed by atoms with Crippen LogP contribution in [0.25, 0.3) is 0 Å². The van der Waals surface area contributed by atoms with Crippen LogP contribution < -0.4 is 20.1 Å². The number of aromatic nitrogens is 4. The summed E-state index contributed by atoms with van der Waals surface area (Å²) in [4.78, 5) is 30.2. The van der Waals surface area contributed by atoms with Crippen LogP contribution in [0.2, 0.25) is 0 Å². The summed E-state index contributed by atoms with van der Waals surface area (Å²) in [5, 5.41) is 25.3. The van der Waals surface area contributed by atoms with Crippen molar-refractivity contribution in [2.45, 2.75) is 57.8 Å². The minimum Gasteiger partial charge on any atom is -0.492 e. The van der Waals surface area contributed by atoms with Crippen LogP contribution >= 0.6 is 22.7 Å². The van der Waals surface area contributed by atoms with Gasteiger partial charge in [0.1, 0.15) is 34.7 Å². The van der Waals surface area contributed by atoms with Gasteiger partial charge in [-0.05, 0) is 74.2 Å². The molecule has 2 saturated heterocycles. The Morgan fingerprint density at radius 3 is 1.69 bits per heavy atom. The summed E-state index contributed by atoms with van der Waals surface area (Å²) in [5.41, 5.74) is 1.77. The molecule has 6 rings (SSSR count). The topological polar surface area (TPSA) is 144 Å². The molecule has 0 saturated carbocycles. The zero-order chi connectivity index (χ0) is 35.8. The average Bonchev–Trinajstić information content (AvgIpc) is 3.80. The van der Waals surface area contributed by atoms with Gasteiger partial charge in [-0.25, -0.2) is 0 Å². The fourth-order valence-corrected chi connectivity index (χ4v) is 7.74. The van der Waals surface area contributed by atoms with E-state index in [9.17, 15) is 9.59 Å². The van der Waals surface area contributed by atoms with Crippen molar-refractivity contribution in [3.05, 3.63) is 69.7 Å². The van der Waals surface area contributed by atoms with Crippen molar-refractivity contribution in [2.75, 3.05) is 76.3 Å². The SMILES string of the molecule is O=C(Cc1cccc(OCCN2CCCCC2)c1)Nc1nnc(CCCCc2nnc(NC(=O)Cc3cccc(OCCN4CCOCC4)c3)s2)s1. The minimum atomic E-state index is -0.145. The maximum atomic E-state index is 12.7. The Morgan fingerprint density at radius 2 is 1.17 bits per heavy atom. The Balaban J connectivity index is 0.846. The summed E-state index contributed by atoms with van der Waals surface area (Å²) in [6.07, 6.45) is 7.59. The van der Waals surface area contributed by atoms with Gasteiger partial charge in [0.05, 0.1) is 26.1 Å². The Hall–Kier alpha value is -4.02. The van der Waals surface area contributed by atoms with E-state index >= 15 is 0 Å². The molecule has 0 bridgehead atoms. The average molecular weight is 749 g/mol. The molecule has 52 heavy (non-hydrogen) atoms. The Labute approximate surface area is 313 Å². The number of carbonyl (C=O) groups is 2. The molecule has 4 aromatic rings. The number of benzene rings is 2. The summed E-state index contributed by atoms with van der Waals surface area (Å²) in [5.74, 6) is 1.26. The minimum absolute atomic E-state index is 0.134. The standard InChI is InChI=1S/C37H48N8O5S2/c46-32(26-28-8-6-10-30(24-28)49-22-18-44-14-4-1-5-15-44)38-36-42-40-34(51-36)12-2-3-13-35-41-43-37(52-35)39-33(47)27-29-9-7-11-31(25-29)50-23-19-45-16-20-48-21-17-45/h6-11,24-25H,1-5,12-23,26-27H2,(H,38,42,46)(H,39,43,47). The third-order valence-corrected chi connectivity index (χ3v) is 10.7. The van der Waals surface area contributed by atoms with Crippen molar-refractivity contribution in [3.63, 3.8) is 0 Å². The molecule has 15 heteroatoms. The number of anilines is 2. The number of carbonyl (C=O) groups excluding carboxylic acids is 2. The molecule has 0 atom stereocenters. The largest absolute Gasteiger partial charge is 0.492 e. The molecule has 2 aliphatic heterocycles. The molecule has 0 unspecified atom stereocenters. The van der Waals surface area contributed by atoms with E-state index < -0.39 is 0 Å². The number of ether oxygens (including phenoxy) is 3. The number of hydrogen-bond acceptors (Lipinski definition) is 13. The van der Waals surface area contributed by atoms with Crippen LogP contribution in [-0.2, 0) is 40.0 Å². The first-order valence-electron chi connectivity index (χ1n) is 18.2. The van der Waals surface area contributed by atoms with Gasteiger partial charge in [0.25, 0.3) is 0 Å². The highest BCUT2D eigenvalue weighted by molar-refractivity contribution is 7.15. The quantitative estimate of drug-likeness (QED) is 0.127. The lowest BCUT2D eigenvalue weighted by Crippen LogP contribution is -2.38. The van der Waals surface area contributed by atoms with Crippen LogP contribution in [0.5, 0.6) is 11.5 Å². The lowest BCUT2D eigenvalue weighted by molar-refractivity contribution is -0.116. The highest BCUT2D eigenvalue weighted by atomic mass is 32.1. The molecule has 0 radical (unpaired) electrons. The van der Waals surface area contributed by atoms with Gasteiger partial charge in [-0.15, -0.1) is 20.4 Å². The van der Waals surface area contributed by atoms with Crippen molar-refractivity contribution in [1.82, 2.24) is 30.2 Å². The van der Waals surface area contributed by atoms with Gasteiger partial charge in [-0.2, -0.15) is 0 Å². The van der Waals surface area contributed by atoms with E-state index in [2.05, 4.69) is 40.8 Å². The zero-order valence-electron chi connectivity index (χ0n) is 29.6. The smallest absolute Gasteiger partial charge is 0.230 e. The Bertz CT molecular complexity index is 1580. The first kappa shape index (κ1) is 37.7. The molecule has 4 heterocycles. The molecular weight excluding hydrogens is 701 g/mol. The van der Waals surface area contributed by atoms with E-state index in [0.717, 1.165) is 111 Å². The van der Waals surface area contributed by atoms with E-state index in [-0.39, 0.29) is 24.7 Å². The number of rotatable bonds is 19. The van der Waals surface area contributed by atoms with E-state index in [1.54, 1.807) is 0 Å². The number of hydrogen-bond donors (Lipinski definition) is 2. The highest BCUT2D eigenvalue weighted by Gasteiger charge is 2.14. The number of unbranched alkanes of at least 4 members (excludes halogenated alkanes) is 1. The Kier molecular flexibility index (Phi) is 14.7. The normalized spacial score (nSPS) is 15.3. The first-order valence-corrected chi connectivity index (χ1v) is 19.9. The van der Waals surface area contributed by atoms with Gasteiger partial charge in [0.15, 0.2) is 0 Å². The highest BCUT2D eigenvalue weighted by Crippen LogP contribution is 2.22. The van der Waals surface area contributed by atoms with Crippen molar-refractivity contribution in [3.8, 4) is 11.5 Å². The van der Waals surface area contributed by atoms with Crippen LogP contribution in [0, 0.1) is 0 Å². The van der Waals surface area contributed by atoms with E-state index in [4.69, 9.17) is 14.2 Å². The van der Waals surface area contributed by atoms with Crippen LogP contribution in [0.1, 0.15) is 53.2 Å². The second-order valence-electron chi connectivity index (χ2n) is 13.0. The maximum Gasteiger partial charge on any atom is 0.230 e. The second-order valence-corrected chi connectivity index (χ2v) is 15.1. The van der Waals surface area contributed by atoms with Gasteiger partial charge < -0.3 is 24.8 Å². The number of amides is 2. The van der Waals surface area contributed by atoms with Gasteiger partial charge in [0, 0.05) is 39.0 Å². The number of aryl methyl sites for hydroxylation is 2. The third kappa shape index (κ3) is 12.9. The molecular formula is C37H48N8O5S2. The van der Waals surface area contributed by atoms with Crippen molar-refractivity contribution < 1.29 is 23.8 Å². The van der Waals surface area contributed by atoms with Gasteiger partial charge in [-0.3, -0.25) is 19.4 Å². The monoisotopic (exact) mass is 748 g/mol. The van der Waals surface area contributed by atoms with Crippen LogP contribution in [0.15, 0.2) is 48.5 Å². The molecule has 2 aliphatic rings. The zero-order valence-corrected chi connectivity index (χ0v) is 31.2. The number of likely N-dealkylation sites (tertiary alicyclic amines) is 1. The summed E-state index contributed by atoms with van der Waals surface area (Å²) in [6, 6.07) is 15.4. The van der Waals surface area contributed by atoms with Crippen molar-refractivity contribution in [1.29, 1.82) is 0 Å². The first-order chi connectivity index (χ1) is 25.5. The number of morpholine rings is 1. The molecule has 0 spiro atoms. The summed E-state index contributed by atoms with van der Waals surface area (Å²) in [7, 11) is 0. The molecule has 278 valence electrons. The van der Waals surface area contributed by atoms with E-state index in [1.807, 2.05) is 48.5 Å². The molecule has 2 amide bonds. The van der Waals surface area contributed by atoms with Gasteiger partial charge in [-0.1, -0.05) is 53.4 Å². The van der Waals surface area contributed by atoms with Crippen molar-refractivity contribution >= 4 is 44.8 Å². The Morgan fingerprint density at radius 1 is 0.673 bits per heavy atom. The van der Waals surface area contributed by atoms with Gasteiger partial charge in [0.2, 0.25) is 22.1 Å². The predicted molar refractivity (Wildman–Crippen MR) is 203 cm³/mol. The third-order valence-electron chi connectivity index (χ3n) is 8.89.